The number of amides is 1. The molecule has 5 nitrogen and oxygen atoms in total. The molecule has 0 radical (unpaired) electrons. The van der Waals surface area contributed by atoms with E-state index in [0.717, 1.165) is 48.0 Å². The number of hydrogen-bond donors (Lipinski definition) is 2. The zero-order valence-electron chi connectivity index (χ0n) is 15.2. The number of para-hydroxylation sites is 2. The fourth-order valence-electron chi connectivity index (χ4n) is 3.74. The van der Waals surface area contributed by atoms with Crippen molar-refractivity contribution in [2.24, 2.45) is 11.7 Å². The number of nitrogens with one attached hydrogen (secondary N) is 1. The highest BCUT2D eigenvalue weighted by Gasteiger charge is 2.24. The van der Waals surface area contributed by atoms with Gasteiger partial charge in [-0.2, -0.15) is 0 Å². The van der Waals surface area contributed by atoms with E-state index < -0.39 is 0 Å². The van der Waals surface area contributed by atoms with Gasteiger partial charge in [0.05, 0.1) is 11.0 Å². The van der Waals surface area contributed by atoms with Crippen LogP contribution in [0.1, 0.15) is 31.2 Å². The monoisotopic (exact) mass is 384 g/mol. The Labute approximate surface area is 165 Å². The van der Waals surface area contributed by atoms with Crippen molar-refractivity contribution in [3.05, 3.63) is 60.4 Å². The molecule has 1 saturated carbocycles. The normalized spacial score (nSPS) is 19.4. The molecular weight excluding hydrogens is 360 g/mol. The lowest BCUT2D eigenvalue weighted by molar-refractivity contribution is -0.126. The Kier molecular flexibility index (Phi) is 6.14. The van der Waals surface area contributed by atoms with Gasteiger partial charge in [-0.05, 0) is 49.1 Å². The summed E-state index contributed by atoms with van der Waals surface area (Å²) < 4.78 is 2.07. The molecule has 4 rings (SSSR count). The summed E-state index contributed by atoms with van der Waals surface area (Å²) >= 11 is 0. The van der Waals surface area contributed by atoms with E-state index in [1.165, 1.54) is 0 Å². The second kappa shape index (κ2) is 8.55. The zero-order chi connectivity index (χ0) is 17.9. The molecule has 2 unspecified atom stereocenters. The summed E-state index contributed by atoms with van der Waals surface area (Å²) in [7, 11) is 0. The van der Waals surface area contributed by atoms with Gasteiger partial charge in [0, 0.05) is 24.2 Å². The smallest absolute Gasteiger partial charge is 0.223 e. The Morgan fingerprint density at radius 3 is 2.70 bits per heavy atom. The van der Waals surface area contributed by atoms with E-state index in [-0.39, 0.29) is 30.3 Å². The largest absolute Gasteiger partial charge is 0.352 e. The Morgan fingerprint density at radius 1 is 1.15 bits per heavy atom. The Bertz CT molecular complexity index is 906. The first-order valence-electron chi connectivity index (χ1n) is 9.25. The minimum Gasteiger partial charge on any atom is -0.352 e. The van der Waals surface area contributed by atoms with Gasteiger partial charge < -0.3 is 11.1 Å². The molecule has 0 bridgehead atoms. The van der Waals surface area contributed by atoms with Crippen LogP contribution in [0.25, 0.3) is 16.7 Å². The first kappa shape index (κ1) is 19.4. The van der Waals surface area contributed by atoms with Gasteiger partial charge in [-0.1, -0.05) is 30.7 Å². The van der Waals surface area contributed by atoms with Gasteiger partial charge >= 0.3 is 0 Å². The van der Waals surface area contributed by atoms with Crippen molar-refractivity contribution in [3.8, 4) is 5.69 Å². The highest BCUT2D eigenvalue weighted by molar-refractivity contribution is 5.85. The van der Waals surface area contributed by atoms with Gasteiger partial charge in [0.15, 0.2) is 0 Å². The first-order valence-corrected chi connectivity index (χ1v) is 9.25. The molecule has 27 heavy (non-hydrogen) atoms. The van der Waals surface area contributed by atoms with Crippen LogP contribution in [0, 0.1) is 5.92 Å². The van der Waals surface area contributed by atoms with Gasteiger partial charge in [0.25, 0.3) is 0 Å². The number of fused-ring (bicyclic) bond motifs is 1. The number of aromatic nitrogens is 2. The second-order valence-electron chi connectivity index (χ2n) is 7.11. The molecule has 0 aliphatic heterocycles. The maximum Gasteiger partial charge on any atom is 0.223 e. The molecule has 1 aliphatic rings. The number of benzene rings is 2. The Balaban J connectivity index is 0.00000210. The second-order valence-corrected chi connectivity index (χ2v) is 7.11. The van der Waals surface area contributed by atoms with E-state index in [2.05, 4.69) is 45.2 Å². The minimum absolute atomic E-state index is 0. The third-order valence-corrected chi connectivity index (χ3v) is 5.22. The molecule has 142 valence electrons. The lowest BCUT2D eigenvalue weighted by atomic mass is 9.85. The zero-order valence-corrected chi connectivity index (χ0v) is 16.0. The lowest BCUT2D eigenvalue weighted by Crippen LogP contribution is -2.37. The van der Waals surface area contributed by atoms with Crippen LogP contribution in [0.2, 0.25) is 0 Å². The van der Waals surface area contributed by atoms with Crippen LogP contribution in [0.15, 0.2) is 54.9 Å². The highest BCUT2D eigenvalue weighted by Crippen LogP contribution is 2.23. The van der Waals surface area contributed by atoms with Crippen molar-refractivity contribution < 1.29 is 4.79 Å². The van der Waals surface area contributed by atoms with Crippen molar-refractivity contribution in [3.63, 3.8) is 0 Å². The number of nitrogens with zero attached hydrogens (tertiary/aromatic N) is 2. The van der Waals surface area contributed by atoms with Crippen molar-refractivity contribution in [2.75, 3.05) is 0 Å². The van der Waals surface area contributed by atoms with E-state index in [4.69, 9.17) is 5.73 Å². The van der Waals surface area contributed by atoms with Crippen molar-refractivity contribution in [2.45, 2.75) is 38.3 Å². The fourth-order valence-corrected chi connectivity index (χ4v) is 3.74. The molecule has 1 heterocycles. The standard InChI is InChI=1S/C21H24N4O.ClH/c22-17-5-3-4-16(12-17)21(26)23-13-15-8-10-18(11-9-15)25-14-24-19-6-1-2-7-20(19)25;/h1-2,6-11,14,16-17H,3-5,12-13,22H2,(H,23,26);1H. The van der Waals surface area contributed by atoms with Gasteiger partial charge in [-0.25, -0.2) is 4.98 Å². The Morgan fingerprint density at radius 2 is 1.93 bits per heavy atom. The van der Waals surface area contributed by atoms with E-state index in [1.54, 1.807) is 0 Å². The van der Waals surface area contributed by atoms with Crippen LogP contribution in [0.5, 0.6) is 0 Å². The molecule has 6 heteroatoms. The number of halogens is 1. The number of carbonyl (C=O) groups excluding carboxylic acids is 1. The summed E-state index contributed by atoms with van der Waals surface area (Å²) in [5, 5.41) is 3.06. The summed E-state index contributed by atoms with van der Waals surface area (Å²) in [5.41, 5.74) is 10.2. The third-order valence-electron chi connectivity index (χ3n) is 5.22. The molecule has 0 saturated heterocycles. The minimum atomic E-state index is 0. The van der Waals surface area contributed by atoms with Crippen LogP contribution in [-0.4, -0.2) is 21.5 Å². The maximum atomic E-state index is 12.3. The van der Waals surface area contributed by atoms with E-state index >= 15 is 0 Å². The van der Waals surface area contributed by atoms with Crippen molar-refractivity contribution in [1.82, 2.24) is 14.9 Å². The van der Waals surface area contributed by atoms with Gasteiger partial charge in [-0.15, -0.1) is 12.4 Å². The predicted molar refractivity (Wildman–Crippen MR) is 110 cm³/mol. The van der Waals surface area contributed by atoms with Gasteiger partial charge in [-0.3, -0.25) is 9.36 Å². The highest BCUT2D eigenvalue weighted by atomic mass is 35.5. The average Bonchev–Trinajstić information content (AvgIpc) is 3.11. The summed E-state index contributed by atoms with van der Waals surface area (Å²) in [6.07, 6.45) is 5.68. The van der Waals surface area contributed by atoms with E-state index in [1.807, 2.05) is 24.5 Å². The van der Waals surface area contributed by atoms with Crippen LogP contribution >= 0.6 is 12.4 Å². The topological polar surface area (TPSA) is 72.9 Å². The van der Waals surface area contributed by atoms with Crippen LogP contribution in [0.4, 0.5) is 0 Å². The molecule has 2 aromatic carbocycles. The van der Waals surface area contributed by atoms with Crippen LogP contribution in [0.3, 0.4) is 0 Å². The number of rotatable bonds is 4. The fraction of sp³-hybridized carbons (Fsp3) is 0.333. The predicted octanol–water partition coefficient (Wildman–Crippen LogP) is 3.58. The van der Waals surface area contributed by atoms with E-state index in [0.29, 0.717) is 6.54 Å². The maximum absolute atomic E-state index is 12.3. The summed E-state index contributed by atoms with van der Waals surface area (Å²) in [4.78, 5) is 16.8. The van der Waals surface area contributed by atoms with Crippen LogP contribution < -0.4 is 11.1 Å². The summed E-state index contributed by atoms with van der Waals surface area (Å²) in [6.45, 7) is 0.551. The molecule has 1 aliphatic carbocycles. The number of carbonyl (C=O) groups is 1. The number of imidazole rings is 1. The molecule has 3 aromatic rings. The summed E-state index contributed by atoms with van der Waals surface area (Å²) in [6, 6.07) is 16.5. The SMILES string of the molecule is Cl.NC1CCCC(C(=O)NCc2ccc(-n3cnc4ccccc43)cc2)C1. The van der Waals surface area contributed by atoms with Gasteiger partial charge in [0.1, 0.15) is 6.33 Å². The van der Waals surface area contributed by atoms with Crippen LogP contribution in [-0.2, 0) is 11.3 Å². The Hall–Kier alpha value is -2.37. The van der Waals surface area contributed by atoms with Gasteiger partial charge in [0.2, 0.25) is 5.91 Å². The molecule has 3 N–H and O–H groups in total. The quantitative estimate of drug-likeness (QED) is 0.722. The summed E-state index contributed by atoms with van der Waals surface area (Å²) in [5.74, 6) is 0.195. The molecule has 1 aromatic heterocycles. The first-order chi connectivity index (χ1) is 12.7. The number of nitrogens with two attached hydrogens (primary N) is 1. The van der Waals surface area contributed by atoms with E-state index in [9.17, 15) is 4.79 Å². The molecule has 2 atom stereocenters. The third kappa shape index (κ3) is 4.31. The average molecular weight is 385 g/mol. The molecule has 0 spiro atoms. The lowest BCUT2D eigenvalue weighted by Gasteiger charge is -2.25. The molecular formula is C21H25ClN4O. The molecule has 1 fully saturated rings. The van der Waals surface area contributed by atoms with Crippen molar-refractivity contribution in [1.29, 1.82) is 0 Å². The number of hydrogen-bond acceptors (Lipinski definition) is 3. The van der Waals surface area contributed by atoms with Crippen molar-refractivity contribution >= 4 is 29.3 Å². The molecule has 1 amide bonds.